The average molecular weight is 277 g/mol. The van der Waals surface area contributed by atoms with Crippen molar-refractivity contribution in [1.82, 2.24) is 5.32 Å². The van der Waals surface area contributed by atoms with Gasteiger partial charge in [0.15, 0.2) is 0 Å². The second-order valence-electron chi connectivity index (χ2n) is 5.38. The van der Waals surface area contributed by atoms with Gasteiger partial charge in [-0.3, -0.25) is 9.59 Å². The van der Waals surface area contributed by atoms with Crippen molar-refractivity contribution < 1.29 is 19.8 Å². The predicted molar refractivity (Wildman–Crippen MR) is 73.6 cm³/mol. The molecule has 0 bridgehead atoms. The number of phenols is 1. The van der Waals surface area contributed by atoms with E-state index in [4.69, 9.17) is 5.11 Å². The Hall–Kier alpha value is -2.04. The van der Waals surface area contributed by atoms with Gasteiger partial charge in [0.1, 0.15) is 5.75 Å². The van der Waals surface area contributed by atoms with Gasteiger partial charge < -0.3 is 15.5 Å². The minimum atomic E-state index is -0.913. The van der Waals surface area contributed by atoms with Crippen LogP contribution >= 0.6 is 0 Å². The van der Waals surface area contributed by atoms with E-state index in [1.165, 1.54) is 12.1 Å². The summed E-state index contributed by atoms with van der Waals surface area (Å²) in [5, 5.41) is 21.6. The molecule has 0 radical (unpaired) electrons. The summed E-state index contributed by atoms with van der Waals surface area (Å²) in [6, 6.07) is 6.28. The third-order valence-corrected chi connectivity index (χ3v) is 3.83. The third-order valence-electron chi connectivity index (χ3n) is 3.83. The number of rotatable bonds is 4. The zero-order chi connectivity index (χ0) is 14.6. The van der Waals surface area contributed by atoms with Crippen LogP contribution in [-0.4, -0.2) is 27.6 Å². The smallest absolute Gasteiger partial charge is 0.305 e. The van der Waals surface area contributed by atoms with E-state index in [0.717, 1.165) is 19.3 Å². The van der Waals surface area contributed by atoms with Crippen LogP contribution in [0.25, 0.3) is 0 Å². The molecule has 1 fully saturated rings. The van der Waals surface area contributed by atoms with Gasteiger partial charge in [-0.15, -0.1) is 0 Å². The van der Waals surface area contributed by atoms with Gasteiger partial charge >= 0.3 is 5.97 Å². The van der Waals surface area contributed by atoms with Gasteiger partial charge in [0.25, 0.3) is 5.91 Å². The molecular formula is C15H19NO4. The van der Waals surface area contributed by atoms with Gasteiger partial charge in [-0.2, -0.15) is 0 Å². The fourth-order valence-electron chi connectivity index (χ4n) is 2.84. The molecule has 1 saturated carbocycles. The monoisotopic (exact) mass is 277 g/mol. The maximum absolute atomic E-state index is 12.3. The number of aromatic hydroxyl groups is 1. The Morgan fingerprint density at radius 1 is 1.15 bits per heavy atom. The first-order valence-electron chi connectivity index (χ1n) is 6.85. The molecule has 1 aliphatic rings. The van der Waals surface area contributed by atoms with Crippen LogP contribution in [0, 0.1) is 0 Å². The molecule has 3 N–H and O–H groups in total. The third kappa shape index (κ3) is 3.29. The molecule has 0 atom stereocenters. The van der Waals surface area contributed by atoms with E-state index in [2.05, 4.69) is 5.32 Å². The number of para-hydroxylation sites is 1. The van der Waals surface area contributed by atoms with Gasteiger partial charge in [-0.25, -0.2) is 0 Å². The zero-order valence-electron chi connectivity index (χ0n) is 11.3. The summed E-state index contributed by atoms with van der Waals surface area (Å²) in [6.45, 7) is 0. The Labute approximate surface area is 117 Å². The second-order valence-corrected chi connectivity index (χ2v) is 5.38. The topological polar surface area (TPSA) is 86.6 Å². The summed E-state index contributed by atoms with van der Waals surface area (Å²) in [4.78, 5) is 23.3. The van der Waals surface area contributed by atoms with Crippen molar-refractivity contribution in [2.24, 2.45) is 0 Å². The molecule has 1 aromatic carbocycles. The fraction of sp³-hybridized carbons (Fsp3) is 0.467. The predicted octanol–water partition coefficient (Wildman–Crippen LogP) is 2.30. The number of carboxylic acid groups (broad SMARTS) is 1. The van der Waals surface area contributed by atoms with Gasteiger partial charge in [-0.05, 0) is 25.0 Å². The number of aliphatic carboxylic acids is 1. The highest BCUT2D eigenvalue weighted by molar-refractivity contribution is 5.97. The highest BCUT2D eigenvalue weighted by Gasteiger charge is 2.36. The van der Waals surface area contributed by atoms with E-state index in [1.54, 1.807) is 12.1 Å². The van der Waals surface area contributed by atoms with Crippen molar-refractivity contribution in [3.05, 3.63) is 29.8 Å². The summed E-state index contributed by atoms with van der Waals surface area (Å²) in [6.07, 6.45) is 4.14. The van der Waals surface area contributed by atoms with E-state index in [0.29, 0.717) is 12.8 Å². The molecule has 0 unspecified atom stereocenters. The minimum Gasteiger partial charge on any atom is -0.507 e. The highest BCUT2D eigenvalue weighted by Crippen LogP contribution is 2.32. The maximum atomic E-state index is 12.3. The molecule has 108 valence electrons. The summed E-state index contributed by atoms with van der Waals surface area (Å²) in [5.74, 6) is -1.41. The normalized spacial score (nSPS) is 17.4. The summed E-state index contributed by atoms with van der Waals surface area (Å²) >= 11 is 0. The van der Waals surface area contributed by atoms with Crippen molar-refractivity contribution in [3.8, 4) is 5.75 Å². The molecule has 0 aromatic heterocycles. The molecule has 1 aromatic rings. The van der Waals surface area contributed by atoms with Crippen LogP contribution in [0.15, 0.2) is 24.3 Å². The largest absolute Gasteiger partial charge is 0.507 e. The average Bonchev–Trinajstić information content (AvgIpc) is 2.39. The Kier molecular flexibility index (Phi) is 4.27. The Morgan fingerprint density at radius 3 is 2.40 bits per heavy atom. The van der Waals surface area contributed by atoms with Crippen LogP contribution in [0.5, 0.6) is 5.75 Å². The standard InChI is InChI=1S/C15H19NO4/c17-12-7-3-2-6-11(12)14(20)16-15(10-13(18)19)8-4-1-5-9-15/h2-3,6-7,17H,1,4-5,8-10H2,(H,16,20)(H,18,19). The zero-order valence-corrected chi connectivity index (χ0v) is 11.3. The van der Waals surface area contributed by atoms with Gasteiger partial charge in [0.2, 0.25) is 0 Å². The van der Waals surface area contributed by atoms with Crippen molar-refractivity contribution >= 4 is 11.9 Å². The minimum absolute atomic E-state index is 0.0770. The molecule has 1 aliphatic carbocycles. The number of hydrogen-bond donors (Lipinski definition) is 3. The van der Waals surface area contributed by atoms with E-state index in [-0.39, 0.29) is 17.7 Å². The van der Waals surface area contributed by atoms with Crippen molar-refractivity contribution in [1.29, 1.82) is 0 Å². The number of phenolic OH excluding ortho intramolecular Hbond substituents is 1. The molecule has 5 heteroatoms. The lowest BCUT2D eigenvalue weighted by Crippen LogP contribution is -2.51. The Morgan fingerprint density at radius 2 is 1.80 bits per heavy atom. The number of carboxylic acids is 1. The Bertz CT molecular complexity index is 506. The maximum Gasteiger partial charge on any atom is 0.305 e. The molecule has 0 saturated heterocycles. The number of hydrogen-bond acceptors (Lipinski definition) is 3. The van der Waals surface area contributed by atoms with Crippen molar-refractivity contribution in [2.75, 3.05) is 0 Å². The SMILES string of the molecule is O=C(O)CC1(NC(=O)c2ccccc2O)CCCCC1. The number of nitrogens with one attached hydrogen (secondary N) is 1. The van der Waals surface area contributed by atoms with Crippen molar-refractivity contribution in [3.63, 3.8) is 0 Å². The lowest BCUT2D eigenvalue weighted by molar-refractivity contribution is -0.139. The van der Waals surface area contributed by atoms with Crippen molar-refractivity contribution in [2.45, 2.75) is 44.1 Å². The first-order valence-corrected chi connectivity index (χ1v) is 6.85. The van der Waals surface area contributed by atoms with Crippen LogP contribution < -0.4 is 5.32 Å². The molecule has 0 aliphatic heterocycles. The van der Waals surface area contributed by atoms with Gasteiger partial charge in [0.05, 0.1) is 17.5 Å². The van der Waals surface area contributed by atoms with Gasteiger partial charge in [-0.1, -0.05) is 31.4 Å². The number of carbonyl (C=O) groups is 2. The van der Waals surface area contributed by atoms with Crippen LogP contribution in [0.2, 0.25) is 0 Å². The summed E-state index contributed by atoms with van der Waals surface area (Å²) in [7, 11) is 0. The molecule has 5 nitrogen and oxygen atoms in total. The second kappa shape index (κ2) is 5.94. The quantitative estimate of drug-likeness (QED) is 0.788. The first kappa shape index (κ1) is 14.4. The lowest BCUT2D eigenvalue weighted by atomic mass is 9.79. The van der Waals surface area contributed by atoms with Gasteiger partial charge in [0, 0.05) is 0 Å². The Balaban J connectivity index is 2.17. The number of benzene rings is 1. The van der Waals surface area contributed by atoms with Crippen LogP contribution in [-0.2, 0) is 4.79 Å². The fourth-order valence-corrected chi connectivity index (χ4v) is 2.84. The first-order chi connectivity index (χ1) is 9.52. The molecule has 0 heterocycles. The molecular weight excluding hydrogens is 258 g/mol. The number of carbonyl (C=O) groups excluding carboxylic acids is 1. The van der Waals surface area contributed by atoms with E-state index >= 15 is 0 Å². The van der Waals surface area contributed by atoms with Crippen LogP contribution in [0.3, 0.4) is 0 Å². The summed E-state index contributed by atoms with van der Waals surface area (Å²) < 4.78 is 0. The van der Waals surface area contributed by atoms with E-state index in [9.17, 15) is 14.7 Å². The van der Waals surface area contributed by atoms with E-state index < -0.39 is 17.4 Å². The number of amides is 1. The molecule has 1 amide bonds. The molecule has 2 rings (SSSR count). The lowest BCUT2D eigenvalue weighted by Gasteiger charge is -2.37. The molecule has 0 spiro atoms. The van der Waals surface area contributed by atoms with E-state index in [1.807, 2.05) is 0 Å². The van der Waals surface area contributed by atoms with Crippen LogP contribution in [0.1, 0.15) is 48.9 Å². The van der Waals surface area contributed by atoms with Crippen LogP contribution in [0.4, 0.5) is 0 Å². The highest BCUT2D eigenvalue weighted by atomic mass is 16.4. The molecule has 20 heavy (non-hydrogen) atoms. The summed E-state index contributed by atoms with van der Waals surface area (Å²) in [5.41, 5.74) is -0.508.